The van der Waals surface area contributed by atoms with E-state index in [1.165, 1.54) is 7.11 Å². The summed E-state index contributed by atoms with van der Waals surface area (Å²) in [5, 5.41) is 13.1. The number of nitrogens with zero attached hydrogens (tertiary/aromatic N) is 3. The Kier molecular flexibility index (Phi) is 4.02. The lowest BCUT2D eigenvalue weighted by molar-refractivity contribution is 0.0593. The summed E-state index contributed by atoms with van der Waals surface area (Å²) in [6, 6.07) is 5.04. The van der Waals surface area contributed by atoms with Crippen LogP contribution < -0.4 is 10.1 Å². The molecular weight excluding hydrogens is 342 g/mol. The van der Waals surface area contributed by atoms with E-state index in [1.54, 1.807) is 24.5 Å². The maximum absolute atomic E-state index is 9.94. The molecule has 8 nitrogen and oxygen atoms in total. The fraction of sp³-hybridized carbons (Fsp3) is 0.312. The monoisotopic (exact) mass is 359 g/mol. The van der Waals surface area contributed by atoms with Crippen LogP contribution in [0, 0.1) is 4.77 Å². The van der Waals surface area contributed by atoms with Gasteiger partial charge >= 0.3 is 0 Å². The molecule has 0 saturated carbocycles. The largest absolute Gasteiger partial charge is 0.504 e. The van der Waals surface area contributed by atoms with Crippen LogP contribution in [-0.2, 0) is 4.74 Å². The second-order valence-corrected chi connectivity index (χ2v) is 6.11. The van der Waals surface area contributed by atoms with Crippen molar-refractivity contribution in [2.45, 2.75) is 19.1 Å². The van der Waals surface area contributed by atoms with Crippen molar-refractivity contribution >= 4 is 34.9 Å². The van der Waals surface area contributed by atoms with Gasteiger partial charge in [0.15, 0.2) is 21.9 Å². The third-order valence-corrected chi connectivity index (χ3v) is 4.30. The number of anilines is 2. The number of aromatic amines is 1. The van der Waals surface area contributed by atoms with Crippen LogP contribution in [0.15, 0.2) is 24.5 Å². The Morgan fingerprint density at radius 2 is 2.36 bits per heavy atom. The second-order valence-electron chi connectivity index (χ2n) is 5.72. The van der Waals surface area contributed by atoms with Gasteiger partial charge in [0.05, 0.1) is 13.4 Å². The molecule has 0 radical (unpaired) electrons. The maximum atomic E-state index is 9.94. The highest BCUT2D eigenvalue weighted by atomic mass is 32.1. The number of aromatic hydroxyl groups is 1. The topological polar surface area (TPSA) is 97.2 Å². The number of rotatable bonds is 4. The summed E-state index contributed by atoms with van der Waals surface area (Å²) in [4.78, 5) is 11.9. The van der Waals surface area contributed by atoms with Crippen molar-refractivity contribution in [1.82, 2.24) is 19.5 Å². The van der Waals surface area contributed by atoms with E-state index in [9.17, 15) is 5.11 Å². The van der Waals surface area contributed by atoms with E-state index in [0.717, 1.165) is 19.4 Å². The SMILES string of the molecule is COc1ccc(Nc2[nH]c(=S)nc3c2ncn3C2CCCO2)cc1O. The summed E-state index contributed by atoms with van der Waals surface area (Å²) in [5.74, 6) is 1.05. The maximum Gasteiger partial charge on any atom is 0.200 e. The fourth-order valence-corrected chi connectivity index (χ4v) is 3.11. The Bertz CT molecular complexity index is 978. The molecule has 2 aromatic heterocycles. The minimum Gasteiger partial charge on any atom is -0.504 e. The van der Waals surface area contributed by atoms with Crippen molar-refractivity contribution in [3.05, 3.63) is 29.3 Å². The summed E-state index contributed by atoms with van der Waals surface area (Å²) < 4.78 is 13.0. The molecule has 0 bridgehead atoms. The molecule has 1 unspecified atom stereocenters. The number of H-pyrrole nitrogens is 1. The molecule has 0 aliphatic carbocycles. The average molecular weight is 359 g/mol. The van der Waals surface area contributed by atoms with Crippen molar-refractivity contribution in [1.29, 1.82) is 0 Å². The lowest BCUT2D eigenvalue weighted by atomic mass is 10.2. The summed E-state index contributed by atoms with van der Waals surface area (Å²) in [7, 11) is 1.50. The van der Waals surface area contributed by atoms with E-state index in [0.29, 0.717) is 33.2 Å². The zero-order chi connectivity index (χ0) is 17.4. The highest BCUT2D eigenvalue weighted by Gasteiger charge is 2.21. The van der Waals surface area contributed by atoms with Crippen molar-refractivity contribution in [3.8, 4) is 11.5 Å². The number of aromatic nitrogens is 4. The standard InChI is InChI=1S/C16H17N5O3S/c1-23-11-5-4-9(7-10(11)22)18-14-13-15(20-16(25)19-14)21(8-17-13)12-3-2-6-24-12/h4-5,7-8,12,22H,2-3,6H2,1H3,(H2,18,19,20,25). The third kappa shape index (κ3) is 2.92. The molecule has 25 heavy (non-hydrogen) atoms. The molecule has 3 heterocycles. The van der Waals surface area contributed by atoms with Gasteiger partial charge in [-0.05, 0) is 37.2 Å². The average Bonchev–Trinajstić information content (AvgIpc) is 3.24. The Hall–Kier alpha value is -2.65. The van der Waals surface area contributed by atoms with Crippen LogP contribution in [0.4, 0.5) is 11.5 Å². The normalized spacial score (nSPS) is 17.1. The molecule has 1 saturated heterocycles. The van der Waals surface area contributed by atoms with E-state index in [2.05, 4.69) is 20.3 Å². The number of ether oxygens (including phenoxy) is 2. The first-order chi connectivity index (χ1) is 12.2. The Morgan fingerprint density at radius 3 is 3.08 bits per heavy atom. The number of hydrogen-bond acceptors (Lipinski definition) is 7. The van der Waals surface area contributed by atoms with Crippen molar-refractivity contribution in [3.63, 3.8) is 0 Å². The lowest BCUT2D eigenvalue weighted by Gasteiger charge is -2.12. The molecule has 1 atom stereocenters. The number of hydrogen-bond donors (Lipinski definition) is 3. The van der Waals surface area contributed by atoms with Gasteiger partial charge in [-0.1, -0.05) is 0 Å². The van der Waals surface area contributed by atoms with Crippen LogP contribution in [0.25, 0.3) is 11.2 Å². The quantitative estimate of drug-likeness (QED) is 0.615. The van der Waals surface area contributed by atoms with Gasteiger partial charge in [-0.2, -0.15) is 4.98 Å². The number of fused-ring (bicyclic) bond motifs is 1. The van der Waals surface area contributed by atoms with Crippen LogP contribution in [0.3, 0.4) is 0 Å². The lowest BCUT2D eigenvalue weighted by Crippen LogP contribution is -2.07. The summed E-state index contributed by atoms with van der Waals surface area (Å²) in [6.45, 7) is 0.736. The van der Waals surface area contributed by atoms with Gasteiger partial charge in [0.1, 0.15) is 17.6 Å². The molecule has 3 N–H and O–H groups in total. The predicted octanol–water partition coefficient (Wildman–Crippen LogP) is 3.26. The van der Waals surface area contributed by atoms with Crippen LogP contribution in [0.2, 0.25) is 0 Å². The molecule has 1 aromatic carbocycles. The van der Waals surface area contributed by atoms with Gasteiger partial charge in [0.2, 0.25) is 0 Å². The number of nitrogens with one attached hydrogen (secondary N) is 2. The Balaban J connectivity index is 1.74. The van der Waals surface area contributed by atoms with Gasteiger partial charge < -0.3 is 24.9 Å². The zero-order valence-corrected chi connectivity index (χ0v) is 14.3. The molecule has 3 aromatic rings. The Labute approximate surface area is 148 Å². The molecule has 0 spiro atoms. The van der Waals surface area contributed by atoms with E-state index in [1.807, 2.05) is 4.57 Å². The molecule has 1 aliphatic heterocycles. The summed E-state index contributed by atoms with van der Waals surface area (Å²) >= 11 is 5.25. The minimum absolute atomic E-state index is 0.0429. The van der Waals surface area contributed by atoms with Crippen molar-refractivity contribution in [2.75, 3.05) is 19.0 Å². The first kappa shape index (κ1) is 15.9. The summed E-state index contributed by atoms with van der Waals surface area (Å²) in [6.07, 6.45) is 3.59. The predicted molar refractivity (Wildman–Crippen MR) is 94.9 cm³/mol. The fourth-order valence-electron chi connectivity index (χ4n) is 2.93. The molecule has 130 valence electrons. The van der Waals surface area contributed by atoms with Gasteiger partial charge in [0.25, 0.3) is 0 Å². The van der Waals surface area contributed by atoms with Crippen molar-refractivity contribution in [2.24, 2.45) is 0 Å². The number of imidazole rings is 1. The number of benzene rings is 1. The molecular formula is C16H17N5O3S. The van der Waals surface area contributed by atoms with Crippen LogP contribution in [0.1, 0.15) is 19.1 Å². The highest BCUT2D eigenvalue weighted by molar-refractivity contribution is 7.71. The smallest absolute Gasteiger partial charge is 0.200 e. The minimum atomic E-state index is -0.0628. The summed E-state index contributed by atoms with van der Waals surface area (Å²) in [5.41, 5.74) is 1.98. The van der Waals surface area contributed by atoms with E-state index >= 15 is 0 Å². The van der Waals surface area contributed by atoms with E-state index < -0.39 is 0 Å². The second kappa shape index (κ2) is 6.34. The van der Waals surface area contributed by atoms with Gasteiger partial charge in [-0.25, -0.2) is 4.98 Å². The van der Waals surface area contributed by atoms with Crippen LogP contribution in [-0.4, -0.2) is 38.3 Å². The Morgan fingerprint density at radius 1 is 1.48 bits per heavy atom. The van der Waals surface area contributed by atoms with Crippen LogP contribution >= 0.6 is 12.2 Å². The van der Waals surface area contributed by atoms with Gasteiger partial charge in [-0.15, -0.1) is 0 Å². The van der Waals surface area contributed by atoms with E-state index in [-0.39, 0.29) is 12.0 Å². The number of phenols is 1. The highest BCUT2D eigenvalue weighted by Crippen LogP contribution is 2.32. The zero-order valence-electron chi connectivity index (χ0n) is 13.5. The molecule has 1 fully saturated rings. The number of phenolic OH excluding ortho intramolecular Hbond substituents is 1. The molecule has 1 aliphatic rings. The first-order valence-electron chi connectivity index (χ1n) is 7.88. The molecule has 0 amide bonds. The molecule has 9 heteroatoms. The van der Waals surface area contributed by atoms with Gasteiger partial charge in [0, 0.05) is 18.4 Å². The van der Waals surface area contributed by atoms with Crippen molar-refractivity contribution < 1.29 is 14.6 Å². The van der Waals surface area contributed by atoms with Gasteiger partial charge in [-0.3, -0.25) is 4.57 Å². The third-order valence-electron chi connectivity index (χ3n) is 4.11. The molecule has 4 rings (SSSR count). The first-order valence-corrected chi connectivity index (χ1v) is 8.29. The van der Waals surface area contributed by atoms with E-state index in [4.69, 9.17) is 21.7 Å². The van der Waals surface area contributed by atoms with Crippen LogP contribution in [0.5, 0.6) is 11.5 Å². The number of methoxy groups -OCH3 is 1.